The normalized spacial score (nSPS) is 21.8. The molecule has 1 saturated carbocycles. The summed E-state index contributed by atoms with van der Waals surface area (Å²) in [5.41, 5.74) is 3.25. The van der Waals surface area contributed by atoms with Crippen LogP contribution < -0.4 is 4.57 Å². The first-order valence-electron chi connectivity index (χ1n) is 11.2. The summed E-state index contributed by atoms with van der Waals surface area (Å²) in [6, 6.07) is 18.5. The van der Waals surface area contributed by atoms with Gasteiger partial charge < -0.3 is 4.74 Å². The van der Waals surface area contributed by atoms with E-state index < -0.39 is 0 Å². The molecule has 1 aliphatic rings. The van der Waals surface area contributed by atoms with Gasteiger partial charge >= 0.3 is 5.97 Å². The van der Waals surface area contributed by atoms with Crippen LogP contribution in [0.1, 0.15) is 40.0 Å². The quantitative estimate of drug-likeness (QED) is 0.435. The zero-order chi connectivity index (χ0) is 21.3. The minimum absolute atomic E-state index is 0.0250. The van der Waals surface area contributed by atoms with E-state index in [9.17, 15) is 4.79 Å². The predicted molar refractivity (Wildman–Crippen MR) is 120 cm³/mol. The highest BCUT2D eigenvalue weighted by Gasteiger charge is 2.34. The first-order valence-corrected chi connectivity index (χ1v) is 11.2. The van der Waals surface area contributed by atoms with E-state index in [1.54, 1.807) is 0 Å². The molecular weight excluding hydrogens is 372 g/mol. The molecule has 3 atom stereocenters. The van der Waals surface area contributed by atoms with E-state index in [1.165, 1.54) is 6.42 Å². The Labute approximate surface area is 179 Å². The molecule has 3 aromatic rings. The highest BCUT2D eigenvalue weighted by molar-refractivity contribution is 5.79. The van der Waals surface area contributed by atoms with Crippen molar-refractivity contribution in [2.45, 2.75) is 52.7 Å². The van der Waals surface area contributed by atoms with Crippen molar-refractivity contribution in [1.29, 1.82) is 0 Å². The van der Waals surface area contributed by atoms with Crippen LogP contribution in [0.25, 0.3) is 22.4 Å². The van der Waals surface area contributed by atoms with Crippen molar-refractivity contribution in [3.63, 3.8) is 0 Å². The summed E-state index contributed by atoms with van der Waals surface area (Å²) in [4.78, 5) is 13.1. The van der Waals surface area contributed by atoms with Gasteiger partial charge in [-0.05, 0) is 54.9 Å². The number of imidazole rings is 1. The average Bonchev–Trinajstić information content (AvgIpc) is 3.00. The van der Waals surface area contributed by atoms with E-state index in [4.69, 9.17) is 4.74 Å². The monoisotopic (exact) mass is 405 g/mol. The van der Waals surface area contributed by atoms with Crippen molar-refractivity contribution in [3.05, 3.63) is 54.6 Å². The van der Waals surface area contributed by atoms with Crippen molar-refractivity contribution in [2.24, 2.45) is 24.8 Å². The molecule has 4 nitrogen and oxygen atoms in total. The number of benzene rings is 2. The lowest BCUT2D eigenvalue weighted by atomic mass is 9.75. The number of hydrogen-bond acceptors (Lipinski definition) is 2. The fraction of sp³-hybridized carbons (Fsp3) is 0.462. The molecule has 0 aliphatic heterocycles. The smallest absolute Gasteiger partial charge is 0.348 e. The number of aromatic nitrogens is 2. The second-order valence-corrected chi connectivity index (χ2v) is 9.18. The zero-order valence-corrected chi connectivity index (χ0v) is 18.5. The molecule has 0 spiro atoms. The summed E-state index contributed by atoms with van der Waals surface area (Å²) in [5.74, 6) is 2.48. The molecule has 4 heteroatoms. The molecule has 0 unspecified atom stereocenters. The van der Waals surface area contributed by atoms with E-state index in [0.29, 0.717) is 17.8 Å². The van der Waals surface area contributed by atoms with E-state index in [1.807, 2.05) is 30.3 Å². The fourth-order valence-corrected chi connectivity index (χ4v) is 5.07. The molecule has 0 saturated heterocycles. The van der Waals surface area contributed by atoms with Gasteiger partial charge in [-0.25, -0.2) is 13.9 Å². The number of nitrogens with zero attached hydrogens (tertiary/aromatic N) is 2. The lowest BCUT2D eigenvalue weighted by Crippen LogP contribution is -2.37. The van der Waals surface area contributed by atoms with Gasteiger partial charge in [-0.1, -0.05) is 57.5 Å². The molecule has 0 bridgehead atoms. The van der Waals surface area contributed by atoms with Crippen LogP contribution in [0, 0.1) is 17.8 Å². The predicted octanol–water partition coefficient (Wildman–Crippen LogP) is 5.14. The van der Waals surface area contributed by atoms with Crippen LogP contribution in [0.3, 0.4) is 0 Å². The molecule has 1 aliphatic carbocycles. The maximum absolute atomic E-state index is 13.1. The highest BCUT2D eigenvalue weighted by atomic mass is 16.5. The van der Waals surface area contributed by atoms with Crippen LogP contribution in [0.4, 0.5) is 0 Å². The first kappa shape index (κ1) is 20.6. The Morgan fingerprint density at radius 3 is 2.53 bits per heavy atom. The Morgan fingerprint density at radius 2 is 1.80 bits per heavy atom. The van der Waals surface area contributed by atoms with Crippen molar-refractivity contribution >= 4 is 17.0 Å². The van der Waals surface area contributed by atoms with Crippen molar-refractivity contribution < 1.29 is 14.1 Å². The van der Waals surface area contributed by atoms with Gasteiger partial charge in [-0.15, -0.1) is 0 Å². The highest BCUT2D eigenvalue weighted by Crippen LogP contribution is 2.35. The summed E-state index contributed by atoms with van der Waals surface area (Å²) in [6.45, 7) is 6.98. The minimum Gasteiger partial charge on any atom is -0.459 e. The summed E-state index contributed by atoms with van der Waals surface area (Å²) >= 11 is 0. The maximum Gasteiger partial charge on any atom is 0.348 e. The van der Waals surface area contributed by atoms with Crippen LogP contribution in [-0.2, 0) is 23.1 Å². The first-order chi connectivity index (χ1) is 14.5. The Morgan fingerprint density at radius 1 is 1.10 bits per heavy atom. The van der Waals surface area contributed by atoms with Gasteiger partial charge in [-0.3, -0.25) is 0 Å². The Balaban J connectivity index is 1.66. The molecule has 1 aromatic heterocycles. The van der Waals surface area contributed by atoms with E-state index >= 15 is 0 Å². The van der Waals surface area contributed by atoms with Crippen LogP contribution in [-0.4, -0.2) is 16.6 Å². The average molecular weight is 406 g/mol. The number of esters is 1. The molecule has 4 rings (SSSR count). The van der Waals surface area contributed by atoms with E-state index in [2.05, 4.69) is 61.2 Å². The summed E-state index contributed by atoms with van der Waals surface area (Å²) < 4.78 is 10.4. The number of carbonyl (C=O) groups excluding carboxylic acids is 1. The molecule has 158 valence electrons. The molecule has 0 N–H and O–H groups in total. The van der Waals surface area contributed by atoms with Gasteiger partial charge in [0.2, 0.25) is 0 Å². The van der Waals surface area contributed by atoms with Crippen molar-refractivity contribution in [3.8, 4) is 11.4 Å². The van der Waals surface area contributed by atoms with Gasteiger partial charge in [0.1, 0.15) is 6.10 Å². The summed E-state index contributed by atoms with van der Waals surface area (Å²) in [5, 5.41) is 0. The SMILES string of the molecule is CC(C)[C@@H]1CC[C@@H](C)C[C@@H]1OC(=O)Cn1c(-c2ccccc2)[n+](C)c2ccccc21. The Kier molecular flexibility index (Phi) is 5.94. The number of rotatable bonds is 5. The summed E-state index contributed by atoms with van der Waals surface area (Å²) in [7, 11) is 2.06. The third-order valence-electron chi connectivity index (χ3n) is 6.67. The number of para-hydroxylation sites is 2. The van der Waals surface area contributed by atoms with Crippen LogP contribution in [0.5, 0.6) is 0 Å². The van der Waals surface area contributed by atoms with E-state index in [-0.39, 0.29) is 18.6 Å². The number of fused-ring (bicyclic) bond motifs is 1. The molecular formula is C26H33N2O2+. The maximum atomic E-state index is 13.1. The van der Waals surface area contributed by atoms with Gasteiger partial charge in [-0.2, -0.15) is 0 Å². The molecule has 1 fully saturated rings. The van der Waals surface area contributed by atoms with Crippen molar-refractivity contribution in [1.82, 2.24) is 4.57 Å². The fourth-order valence-electron chi connectivity index (χ4n) is 5.07. The van der Waals surface area contributed by atoms with Gasteiger partial charge in [0.25, 0.3) is 5.82 Å². The van der Waals surface area contributed by atoms with Crippen LogP contribution >= 0.6 is 0 Å². The lowest BCUT2D eigenvalue weighted by molar-refractivity contribution is -0.634. The third-order valence-corrected chi connectivity index (χ3v) is 6.67. The van der Waals surface area contributed by atoms with Crippen LogP contribution in [0.15, 0.2) is 54.6 Å². The Bertz CT molecular complexity index is 1020. The summed E-state index contributed by atoms with van der Waals surface area (Å²) in [6.07, 6.45) is 3.37. The third kappa shape index (κ3) is 4.00. The number of hydrogen-bond donors (Lipinski definition) is 0. The Hall–Kier alpha value is -2.62. The van der Waals surface area contributed by atoms with Crippen LogP contribution in [0.2, 0.25) is 0 Å². The standard InChI is InChI=1S/C26H33N2O2/c1-18(2)21-15-14-19(3)16-24(21)30-25(29)17-28-23-13-9-8-12-22(23)27(4)26(28)20-10-6-5-7-11-20/h5-13,18-19,21,24H,14-17H2,1-4H3/q+1/t19-,21+,24+/m1/s1. The largest absolute Gasteiger partial charge is 0.459 e. The number of carbonyl (C=O) groups is 1. The van der Waals surface area contributed by atoms with Gasteiger partial charge in [0.05, 0.1) is 12.6 Å². The lowest BCUT2D eigenvalue weighted by Gasteiger charge is -2.36. The van der Waals surface area contributed by atoms with Crippen molar-refractivity contribution in [2.75, 3.05) is 0 Å². The second kappa shape index (κ2) is 8.63. The molecule has 2 aromatic carbocycles. The molecule has 30 heavy (non-hydrogen) atoms. The second-order valence-electron chi connectivity index (χ2n) is 9.18. The van der Waals surface area contributed by atoms with Gasteiger partial charge in [0, 0.05) is 0 Å². The molecule has 0 amide bonds. The molecule has 0 radical (unpaired) electrons. The topological polar surface area (TPSA) is 35.1 Å². The number of aryl methyl sites for hydroxylation is 1. The van der Waals surface area contributed by atoms with Gasteiger partial charge in [0.15, 0.2) is 17.6 Å². The van der Waals surface area contributed by atoms with E-state index in [0.717, 1.165) is 35.3 Å². The zero-order valence-electron chi connectivity index (χ0n) is 18.5. The number of ether oxygens (including phenoxy) is 1. The molecule has 1 heterocycles. The minimum atomic E-state index is -0.140.